The molecule has 0 spiro atoms. The Balaban J connectivity index is 1.40. The predicted octanol–water partition coefficient (Wildman–Crippen LogP) is 3.41. The highest BCUT2D eigenvalue weighted by Crippen LogP contribution is 2.38. The fourth-order valence-corrected chi connectivity index (χ4v) is 4.73. The lowest BCUT2D eigenvalue weighted by Gasteiger charge is -2.38. The summed E-state index contributed by atoms with van der Waals surface area (Å²) in [6.45, 7) is 0. The number of hydrogen-bond acceptors (Lipinski definition) is 6. The summed E-state index contributed by atoms with van der Waals surface area (Å²) in [5.74, 6) is 0.999. The maximum absolute atomic E-state index is 13.3. The minimum atomic E-state index is -0.633. The number of para-hydroxylation sites is 1. The molecule has 0 N–H and O–H groups in total. The maximum atomic E-state index is 13.3. The molecule has 2 bridgehead atoms. The van der Waals surface area contributed by atoms with E-state index in [4.69, 9.17) is 13.9 Å². The molecule has 2 aliphatic rings. The third-order valence-electron chi connectivity index (χ3n) is 6.05. The molecule has 30 heavy (non-hydrogen) atoms. The number of nitrogens with zero attached hydrogens (tertiary/aromatic N) is 2. The standard InChI is InChI=1S/C23H22N2O5/c1-28-20-4-2-3-14-11-19(23(27)30-21(14)20)22(26)25-15-5-6-16(25)13-18(12-15)29-17-7-9-24-10-8-17/h2-4,7-11,15-16,18H,5-6,12-13H2,1H3. The van der Waals surface area contributed by atoms with Crippen molar-refractivity contribution in [3.63, 3.8) is 0 Å². The van der Waals surface area contributed by atoms with Crippen molar-refractivity contribution in [2.45, 2.75) is 43.9 Å². The summed E-state index contributed by atoms with van der Waals surface area (Å²) in [6.07, 6.45) is 6.78. The summed E-state index contributed by atoms with van der Waals surface area (Å²) in [6, 6.07) is 10.8. The van der Waals surface area contributed by atoms with Crippen molar-refractivity contribution in [2.75, 3.05) is 7.11 Å². The normalized spacial score (nSPS) is 22.8. The first-order valence-electron chi connectivity index (χ1n) is 10.1. The molecule has 2 aliphatic heterocycles. The number of pyridine rings is 1. The number of rotatable bonds is 4. The van der Waals surface area contributed by atoms with Gasteiger partial charge in [0.25, 0.3) is 5.91 Å². The van der Waals surface area contributed by atoms with Gasteiger partial charge in [0.05, 0.1) is 7.11 Å². The molecule has 0 radical (unpaired) electrons. The van der Waals surface area contributed by atoms with Crippen molar-refractivity contribution >= 4 is 16.9 Å². The number of hydrogen-bond donors (Lipinski definition) is 0. The molecule has 1 aromatic carbocycles. The number of ether oxygens (including phenoxy) is 2. The number of aromatic nitrogens is 1. The van der Waals surface area contributed by atoms with E-state index in [1.54, 1.807) is 36.7 Å². The molecule has 154 valence electrons. The lowest BCUT2D eigenvalue weighted by Crippen LogP contribution is -2.50. The molecular formula is C23H22N2O5. The molecule has 0 saturated carbocycles. The van der Waals surface area contributed by atoms with Crippen LogP contribution < -0.4 is 15.1 Å². The molecule has 4 heterocycles. The number of benzene rings is 1. The second kappa shape index (κ2) is 7.48. The highest BCUT2D eigenvalue weighted by atomic mass is 16.5. The first kappa shape index (κ1) is 18.7. The number of carbonyl (C=O) groups excluding carboxylic acids is 1. The van der Waals surface area contributed by atoms with Crippen LogP contribution in [0.3, 0.4) is 0 Å². The third kappa shape index (κ3) is 3.20. The van der Waals surface area contributed by atoms with Gasteiger partial charge in [0.2, 0.25) is 0 Å². The van der Waals surface area contributed by atoms with Gasteiger partial charge < -0.3 is 18.8 Å². The van der Waals surface area contributed by atoms with Crippen molar-refractivity contribution in [2.24, 2.45) is 0 Å². The van der Waals surface area contributed by atoms with Gasteiger partial charge in [0.1, 0.15) is 17.4 Å². The molecular weight excluding hydrogens is 384 g/mol. The zero-order valence-electron chi connectivity index (χ0n) is 16.6. The van der Waals surface area contributed by atoms with E-state index in [1.807, 2.05) is 17.0 Å². The van der Waals surface area contributed by atoms with Gasteiger partial charge in [-0.25, -0.2) is 4.79 Å². The fraction of sp³-hybridized carbons (Fsp3) is 0.348. The summed E-state index contributed by atoms with van der Waals surface area (Å²) in [7, 11) is 1.52. The smallest absolute Gasteiger partial charge is 0.349 e. The highest BCUT2D eigenvalue weighted by Gasteiger charge is 2.45. The Labute approximate surface area is 173 Å². The Kier molecular flexibility index (Phi) is 4.65. The Morgan fingerprint density at radius 2 is 1.87 bits per heavy atom. The minimum Gasteiger partial charge on any atom is -0.493 e. The van der Waals surface area contributed by atoms with Crippen LogP contribution in [0.15, 0.2) is 58.0 Å². The summed E-state index contributed by atoms with van der Waals surface area (Å²) < 4.78 is 16.8. The Hall–Kier alpha value is -3.35. The second-order valence-corrected chi connectivity index (χ2v) is 7.82. The highest BCUT2D eigenvalue weighted by molar-refractivity contribution is 5.98. The minimum absolute atomic E-state index is 0.0474. The predicted molar refractivity (Wildman–Crippen MR) is 110 cm³/mol. The average molecular weight is 406 g/mol. The topological polar surface area (TPSA) is 81.9 Å². The largest absolute Gasteiger partial charge is 0.493 e. The van der Waals surface area contributed by atoms with Crippen LogP contribution in [0.1, 0.15) is 36.0 Å². The third-order valence-corrected chi connectivity index (χ3v) is 6.05. The molecule has 7 nitrogen and oxygen atoms in total. The van der Waals surface area contributed by atoms with Crippen molar-refractivity contribution in [1.29, 1.82) is 0 Å². The van der Waals surface area contributed by atoms with Gasteiger partial charge in [-0.3, -0.25) is 9.78 Å². The molecule has 1 amide bonds. The number of methoxy groups -OCH3 is 1. The second-order valence-electron chi connectivity index (χ2n) is 7.82. The van der Waals surface area contributed by atoms with E-state index >= 15 is 0 Å². The Bertz CT molecular complexity index is 1130. The van der Waals surface area contributed by atoms with Crippen molar-refractivity contribution in [3.05, 3.63) is 64.8 Å². The Morgan fingerprint density at radius 1 is 1.13 bits per heavy atom. The summed E-state index contributed by atoms with van der Waals surface area (Å²) in [5.41, 5.74) is -0.207. The first-order valence-corrected chi connectivity index (χ1v) is 10.1. The van der Waals surface area contributed by atoms with E-state index in [0.29, 0.717) is 16.7 Å². The lowest BCUT2D eigenvalue weighted by atomic mass is 9.98. The molecule has 2 atom stereocenters. The van der Waals surface area contributed by atoms with Crippen molar-refractivity contribution < 1.29 is 18.7 Å². The van der Waals surface area contributed by atoms with Crippen LogP contribution >= 0.6 is 0 Å². The van der Waals surface area contributed by atoms with Gasteiger partial charge in [-0.05, 0) is 37.1 Å². The van der Waals surface area contributed by atoms with Gasteiger partial charge in [-0.2, -0.15) is 0 Å². The fourth-order valence-electron chi connectivity index (χ4n) is 4.73. The van der Waals surface area contributed by atoms with Crippen LogP contribution in [0.2, 0.25) is 0 Å². The van der Waals surface area contributed by atoms with Gasteiger partial charge in [0, 0.05) is 42.7 Å². The molecule has 2 aromatic heterocycles. The zero-order chi connectivity index (χ0) is 20.7. The Morgan fingerprint density at radius 3 is 2.57 bits per heavy atom. The number of amides is 1. The molecule has 3 aromatic rings. The summed E-state index contributed by atoms with van der Waals surface area (Å²) in [5, 5.41) is 0.667. The zero-order valence-corrected chi connectivity index (χ0v) is 16.6. The SMILES string of the molecule is COc1cccc2cc(C(=O)N3C4CCC3CC(Oc3ccncc3)C4)c(=O)oc12. The van der Waals surface area contributed by atoms with Crippen LogP contribution in [0.5, 0.6) is 11.5 Å². The van der Waals surface area contributed by atoms with E-state index in [-0.39, 0.29) is 29.7 Å². The first-order chi connectivity index (χ1) is 14.6. The van der Waals surface area contributed by atoms with E-state index in [2.05, 4.69) is 4.98 Å². The van der Waals surface area contributed by atoms with Gasteiger partial charge in [-0.1, -0.05) is 12.1 Å². The summed E-state index contributed by atoms with van der Waals surface area (Å²) in [4.78, 5) is 31.8. The van der Waals surface area contributed by atoms with E-state index < -0.39 is 5.63 Å². The maximum Gasteiger partial charge on any atom is 0.349 e. The van der Waals surface area contributed by atoms with Crippen molar-refractivity contribution in [3.8, 4) is 11.5 Å². The number of carbonyl (C=O) groups is 1. The molecule has 5 rings (SSSR count). The van der Waals surface area contributed by atoms with E-state index in [1.165, 1.54) is 7.11 Å². The molecule has 2 unspecified atom stereocenters. The number of piperidine rings is 1. The van der Waals surface area contributed by atoms with Gasteiger partial charge >= 0.3 is 5.63 Å². The number of fused-ring (bicyclic) bond motifs is 3. The molecule has 2 saturated heterocycles. The van der Waals surface area contributed by atoms with Crippen LogP contribution in [-0.4, -0.2) is 41.1 Å². The van der Waals surface area contributed by atoms with Gasteiger partial charge in [-0.15, -0.1) is 0 Å². The molecule has 0 aliphatic carbocycles. The van der Waals surface area contributed by atoms with Crippen molar-refractivity contribution in [1.82, 2.24) is 9.88 Å². The molecule has 7 heteroatoms. The van der Waals surface area contributed by atoms with Gasteiger partial charge in [0.15, 0.2) is 11.3 Å². The average Bonchev–Trinajstić information content (AvgIpc) is 3.03. The van der Waals surface area contributed by atoms with Crippen LogP contribution in [-0.2, 0) is 0 Å². The quantitative estimate of drug-likeness (QED) is 0.618. The monoisotopic (exact) mass is 406 g/mol. The van der Waals surface area contributed by atoms with Crippen LogP contribution in [0.25, 0.3) is 11.0 Å². The van der Waals surface area contributed by atoms with E-state index in [0.717, 1.165) is 31.4 Å². The summed E-state index contributed by atoms with van der Waals surface area (Å²) >= 11 is 0. The molecule has 2 fully saturated rings. The van der Waals surface area contributed by atoms with Crippen LogP contribution in [0, 0.1) is 0 Å². The lowest BCUT2D eigenvalue weighted by molar-refractivity contribution is 0.0355. The van der Waals surface area contributed by atoms with E-state index in [9.17, 15) is 9.59 Å². The van der Waals surface area contributed by atoms with Crippen LogP contribution in [0.4, 0.5) is 0 Å².